The average Bonchev–Trinajstić information content (AvgIpc) is 3.37. The Balaban J connectivity index is 1.53. The molecule has 0 spiro atoms. The van der Waals surface area contributed by atoms with Gasteiger partial charge in [-0.15, -0.1) is 4.33 Å². The van der Waals surface area contributed by atoms with Crippen LogP contribution in [0.3, 0.4) is 0 Å². The van der Waals surface area contributed by atoms with E-state index in [4.69, 9.17) is 5.26 Å². The number of benzene rings is 3. The first-order valence-corrected chi connectivity index (χ1v) is 20.0. The molecule has 0 saturated carbocycles. The highest BCUT2D eigenvalue weighted by molar-refractivity contribution is 7.94. The lowest BCUT2D eigenvalue weighted by Crippen LogP contribution is -2.28. The van der Waals surface area contributed by atoms with E-state index in [1.807, 2.05) is 36.4 Å². The molecular formula is C35H43N2O9S3+. The molecule has 49 heavy (non-hydrogen) atoms. The maximum Gasteiger partial charge on any atom is 0.264 e. The Morgan fingerprint density at radius 1 is 0.878 bits per heavy atom. The van der Waals surface area contributed by atoms with Gasteiger partial charge in [0, 0.05) is 52.4 Å². The monoisotopic (exact) mass is 731 g/mol. The van der Waals surface area contributed by atoms with Crippen LogP contribution in [0, 0.1) is 0 Å². The average molecular weight is 732 g/mol. The second-order valence-electron chi connectivity index (χ2n) is 13.4. The molecule has 2 aliphatic heterocycles. The predicted octanol–water partition coefficient (Wildman–Crippen LogP) is 7.22. The van der Waals surface area contributed by atoms with Gasteiger partial charge in [0.25, 0.3) is 20.2 Å². The zero-order valence-corrected chi connectivity index (χ0v) is 30.4. The second-order valence-corrected chi connectivity index (χ2v) is 17.3. The van der Waals surface area contributed by atoms with Gasteiger partial charge in [0.2, 0.25) is 5.69 Å². The van der Waals surface area contributed by atoms with E-state index in [1.165, 1.54) is 5.56 Å². The van der Waals surface area contributed by atoms with Gasteiger partial charge in [0.05, 0.1) is 29.0 Å². The molecule has 0 fully saturated rings. The molecule has 11 nitrogen and oxygen atoms in total. The Labute approximate surface area is 292 Å². The smallest absolute Gasteiger partial charge is 0.264 e. The summed E-state index contributed by atoms with van der Waals surface area (Å²) in [4.78, 5) is 2.89. The zero-order chi connectivity index (χ0) is 35.6. The van der Waals surface area contributed by atoms with Crippen LogP contribution in [0.2, 0.25) is 0 Å². The maximum absolute atomic E-state index is 11.4. The van der Waals surface area contributed by atoms with Crippen LogP contribution in [0.4, 0.5) is 11.4 Å². The lowest BCUT2D eigenvalue weighted by atomic mass is 9.79. The topological polar surface area (TPSA) is 154 Å². The molecule has 3 N–H and O–H groups in total. The second kappa shape index (κ2) is 14.6. The highest BCUT2D eigenvalue weighted by atomic mass is 32.2. The Morgan fingerprint density at radius 3 is 2.27 bits per heavy atom. The Hall–Kier alpha value is -3.08. The van der Waals surface area contributed by atoms with Crippen molar-refractivity contribution in [1.29, 1.82) is 0 Å². The molecule has 2 heterocycles. The number of rotatable bonds is 15. The van der Waals surface area contributed by atoms with Gasteiger partial charge >= 0.3 is 0 Å². The number of hydrogen-bond donors (Lipinski definition) is 3. The third-order valence-corrected chi connectivity index (χ3v) is 11.5. The van der Waals surface area contributed by atoms with Crippen LogP contribution in [-0.4, -0.2) is 66.1 Å². The van der Waals surface area contributed by atoms with Crippen molar-refractivity contribution in [3.05, 3.63) is 89.6 Å². The molecule has 14 heteroatoms. The molecule has 0 atom stereocenters. The van der Waals surface area contributed by atoms with Gasteiger partial charge in [-0.25, -0.2) is 5.26 Å². The van der Waals surface area contributed by atoms with E-state index in [0.29, 0.717) is 38.8 Å². The molecule has 0 unspecified atom stereocenters. The van der Waals surface area contributed by atoms with Crippen molar-refractivity contribution >= 4 is 60.1 Å². The number of allylic oxidation sites excluding steroid dienone is 4. The summed E-state index contributed by atoms with van der Waals surface area (Å²) < 4.78 is 71.1. The van der Waals surface area contributed by atoms with Crippen molar-refractivity contribution < 1.29 is 45.1 Å². The molecule has 2 aliphatic rings. The van der Waals surface area contributed by atoms with Crippen LogP contribution in [-0.2, 0) is 40.4 Å². The summed E-state index contributed by atoms with van der Waals surface area (Å²) in [5.74, 6) is -0.603. The van der Waals surface area contributed by atoms with Crippen molar-refractivity contribution in [3.8, 4) is 0 Å². The van der Waals surface area contributed by atoms with Crippen LogP contribution >= 0.6 is 12.0 Å². The van der Waals surface area contributed by atoms with Crippen LogP contribution in [0.25, 0.3) is 10.8 Å². The number of nitrogens with zero attached hydrogens (tertiary/aromatic N) is 2. The molecule has 0 aromatic heterocycles. The van der Waals surface area contributed by atoms with E-state index in [0.717, 1.165) is 56.1 Å². The predicted molar refractivity (Wildman–Crippen MR) is 193 cm³/mol. The minimum atomic E-state index is -4.07. The van der Waals surface area contributed by atoms with Gasteiger partial charge < -0.3 is 4.90 Å². The number of hydrogen-bond acceptors (Lipinski definition) is 9. The Kier molecular flexibility index (Phi) is 11.1. The van der Waals surface area contributed by atoms with Gasteiger partial charge in [-0.3, -0.25) is 9.11 Å². The van der Waals surface area contributed by atoms with Crippen molar-refractivity contribution in [1.82, 2.24) is 0 Å². The summed E-state index contributed by atoms with van der Waals surface area (Å²) in [6.07, 6.45) is 7.92. The summed E-state index contributed by atoms with van der Waals surface area (Å²) in [5.41, 5.74) is 5.42. The van der Waals surface area contributed by atoms with E-state index in [2.05, 4.69) is 83.0 Å². The minimum Gasteiger partial charge on any atom is -0.344 e. The number of anilines is 1. The first-order chi connectivity index (χ1) is 23.0. The van der Waals surface area contributed by atoms with Crippen molar-refractivity contribution in [2.24, 2.45) is 0 Å². The minimum absolute atomic E-state index is 0.291. The van der Waals surface area contributed by atoms with Crippen LogP contribution in [0.5, 0.6) is 0 Å². The normalized spacial score (nSPS) is 17.9. The third-order valence-electron chi connectivity index (χ3n) is 9.35. The molecule has 0 radical (unpaired) electrons. The van der Waals surface area contributed by atoms with E-state index < -0.39 is 31.1 Å². The standard InChI is InChI=1S/C35H42N2O9S3/c1-34(2)28-24-26(47-46-45-38)17-19-29(28)36(20-7-9-22-48(39,40)41)31(34)14-11-15-32-35(3,4)33-27-13-6-5-12-25(27)16-18-30(33)37(32)21-8-10-23-49(42,43)44/h5-6,11-19,24H,7-10,20-23H2,1-4H3,(H2-,38,39,40,41,42,43,44)/p+1. The molecule has 3 aromatic carbocycles. The molecule has 0 amide bonds. The van der Waals surface area contributed by atoms with Gasteiger partial charge in [-0.2, -0.15) is 21.4 Å². The van der Waals surface area contributed by atoms with E-state index in [1.54, 1.807) is 0 Å². The lowest BCUT2D eigenvalue weighted by Gasteiger charge is -2.27. The maximum atomic E-state index is 11.4. The molecule has 0 saturated heterocycles. The van der Waals surface area contributed by atoms with Crippen molar-refractivity contribution in [3.63, 3.8) is 0 Å². The van der Waals surface area contributed by atoms with Crippen LogP contribution in [0.1, 0.15) is 64.5 Å². The summed E-state index contributed by atoms with van der Waals surface area (Å²) in [5, 5.41) is 14.7. The van der Waals surface area contributed by atoms with Gasteiger partial charge in [-0.1, -0.05) is 49.2 Å². The van der Waals surface area contributed by atoms with Crippen LogP contribution in [0.15, 0.2) is 83.4 Å². The van der Waals surface area contributed by atoms with Crippen molar-refractivity contribution in [2.45, 2.75) is 69.1 Å². The highest BCUT2D eigenvalue weighted by Crippen LogP contribution is 2.49. The largest absolute Gasteiger partial charge is 0.344 e. The van der Waals surface area contributed by atoms with Gasteiger partial charge in [0.1, 0.15) is 6.54 Å². The zero-order valence-electron chi connectivity index (χ0n) is 28.0. The molecular weight excluding hydrogens is 689 g/mol. The molecule has 5 rings (SSSR count). The van der Waals surface area contributed by atoms with Gasteiger partial charge in [0.15, 0.2) is 5.71 Å². The number of unbranched alkanes of at least 4 members (excludes halogenated alkanes) is 2. The van der Waals surface area contributed by atoms with E-state index in [-0.39, 0.29) is 11.5 Å². The SMILES string of the molecule is CC1(C)C(=CC=CC2=[N+](CCCCS(=O)(=O)O)c3ccc4ccccc4c3C2(C)C)N(CCCCS(=O)(=O)O)c2ccc(SOOO)cc21. The third kappa shape index (κ3) is 8.29. The summed E-state index contributed by atoms with van der Waals surface area (Å²) in [6, 6.07) is 18.3. The first kappa shape index (κ1) is 37.2. The quantitative estimate of drug-likeness (QED) is 0.0363. The van der Waals surface area contributed by atoms with Gasteiger partial charge in [-0.05, 0) is 79.8 Å². The molecule has 0 aliphatic carbocycles. The van der Waals surface area contributed by atoms with Crippen molar-refractivity contribution in [2.75, 3.05) is 29.5 Å². The molecule has 264 valence electrons. The molecule has 3 aromatic rings. The number of fused-ring (bicyclic) bond motifs is 4. The van der Waals surface area contributed by atoms with Crippen LogP contribution < -0.4 is 4.90 Å². The fourth-order valence-electron chi connectivity index (χ4n) is 7.12. The highest BCUT2D eigenvalue weighted by Gasteiger charge is 2.45. The first-order valence-electron chi connectivity index (χ1n) is 16.1. The Morgan fingerprint density at radius 2 is 1.57 bits per heavy atom. The fraction of sp³-hybridized carbons (Fsp3) is 0.400. The molecule has 0 bridgehead atoms. The van der Waals surface area contributed by atoms with E-state index >= 15 is 0 Å². The van der Waals surface area contributed by atoms with E-state index in [9.17, 15) is 25.9 Å². The lowest BCUT2D eigenvalue weighted by molar-refractivity contribution is -0.438. The summed E-state index contributed by atoms with van der Waals surface area (Å²) >= 11 is 0.878. The fourth-order valence-corrected chi connectivity index (χ4v) is 8.65. The summed E-state index contributed by atoms with van der Waals surface area (Å²) in [6.45, 7) is 9.69. The summed E-state index contributed by atoms with van der Waals surface area (Å²) in [7, 11) is -8.12. The Bertz CT molecular complexity index is 2040.